The summed E-state index contributed by atoms with van der Waals surface area (Å²) < 4.78 is 0. The fraction of sp³-hybridized carbons (Fsp3) is 0.400. The van der Waals surface area contributed by atoms with E-state index in [0.29, 0.717) is 19.6 Å². The maximum atomic E-state index is 11.6. The van der Waals surface area contributed by atoms with Gasteiger partial charge in [-0.2, -0.15) is 5.10 Å². The number of carbonyl (C=O) groups is 1. The number of hydrogen-bond acceptors (Lipinski definition) is 4. The first-order chi connectivity index (χ1) is 7.20. The molecule has 0 spiro atoms. The first kappa shape index (κ1) is 9.92. The van der Waals surface area contributed by atoms with Crippen LogP contribution in [0.2, 0.25) is 0 Å². The molecule has 0 radical (unpaired) electrons. The van der Waals surface area contributed by atoms with E-state index in [1.54, 1.807) is 0 Å². The Morgan fingerprint density at radius 2 is 2.40 bits per heavy atom. The Morgan fingerprint density at radius 1 is 1.60 bits per heavy atom. The molecule has 5 nitrogen and oxygen atoms in total. The van der Waals surface area contributed by atoms with Crippen molar-refractivity contribution in [2.45, 2.75) is 6.92 Å². The molecule has 2 heterocycles. The van der Waals surface area contributed by atoms with Crippen LogP contribution in [-0.2, 0) is 4.79 Å². The SMILES string of the molecule is CC1=CC2=NN(CCN)C(=O)CN2C=C1. The van der Waals surface area contributed by atoms with Gasteiger partial charge in [0, 0.05) is 12.7 Å². The van der Waals surface area contributed by atoms with Crippen molar-refractivity contribution in [1.82, 2.24) is 9.91 Å². The minimum absolute atomic E-state index is 0.0122. The molecule has 2 aliphatic heterocycles. The summed E-state index contributed by atoms with van der Waals surface area (Å²) in [5, 5.41) is 5.68. The summed E-state index contributed by atoms with van der Waals surface area (Å²) in [5.74, 6) is 0.796. The summed E-state index contributed by atoms with van der Waals surface area (Å²) in [5.41, 5.74) is 6.54. The molecule has 2 aliphatic rings. The van der Waals surface area contributed by atoms with Gasteiger partial charge >= 0.3 is 0 Å². The van der Waals surface area contributed by atoms with Gasteiger partial charge in [0.05, 0.1) is 6.54 Å². The van der Waals surface area contributed by atoms with Crippen LogP contribution in [0.15, 0.2) is 29.0 Å². The van der Waals surface area contributed by atoms with E-state index in [1.165, 1.54) is 5.01 Å². The highest BCUT2D eigenvalue weighted by molar-refractivity contribution is 6.00. The number of rotatable bonds is 2. The predicted octanol–water partition coefficient (Wildman–Crippen LogP) is -0.124. The molecule has 0 unspecified atom stereocenters. The zero-order chi connectivity index (χ0) is 10.8. The Morgan fingerprint density at radius 3 is 3.13 bits per heavy atom. The van der Waals surface area contributed by atoms with Crippen LogP contribution in [0, 0.1) is 0 Å². The van der Waals surface area contributed by atoms with Crippen molar-refractivity contribution in [3.63, 3.8) is 0 Å². The number of amides is 1. The van der Waals surface area contributed by atoms with Gasteiger partial charge in [-0.1, -0.05) is 0 Å². The molecule has 0 fully saturated rings. The van der Waals surface area contributed by atoms with E-state index in [4.69, 9.17) is 5.73 Å². The van der Waals surface area contributed by atoms with Crippen molar-refractivity contribution in [3.05, 3.63) is 23.9 Å². The second-order valence-corrected chi connectivity index (χ2v) is 3.60. The zero-order valence-electron chi connectivity index (χ0n) is 8.68. The number of hydrogen-bond donors (Lipinski definition) is 1. The zero-order valence-corrected chi connectivity index (χ0v) is 8.68. The number of hydrazone groups is 1. The van der Waals surface area contributed by atoms with Crippen molar-refractivity contribution in [2.75, 3.05) is 19.6 Å². The maximum Gasteiger partial charge on any atom is 0.262 e. The van der Waals surface area contributed by atoms with Gasteiger partial charge < -0.3 is 10.6 Å². The Labute approximate surface area is 88.5 Å². The fourth-order valence-corrected chi connectivity index (χ4v) is 1.54. The van der Waals surface area contributed by atoms with Crippen molar-refractivity contribution in [2.24, 2.45) is 10.8 Å². The Hall–Kier alpha value is -1.62. The highest BCUT2D eigenvalue weighted by Gasteiger charge is 2.24. The van der Waals surface area contributed by atoms with Crippen LogP contribution < -0.4 is 5.73 Å². The number of allylic oxidation sites excluding steroid dienone is 2. The van der Waals surface area contributed by atoms with E-state index in [0.717, 1.165) is 11.4 Å². The van der Waals surface area contributed by atoms with Crippen molar-refractivity contribution < 1.29 is 4.79 Å². The molecule has 0 saturated carbocycles. The summed E-state index contributed by atoms with van der Waals surface area (Å²) in [6, 6.07) is 0. The summed E-state index contributed by atoms with van der Waals surface area (Å²) in [6.07, 6.45) is 5.80. The van der Waals surface area contributed by atoms with Crippen LogP contribution in [0.25, 0.3) is 0 Å². The number of nitrogens with two attached hydrogens (primary N) is 1. The number of fused-ring (bicyclic) bond motifs is 1. The lowest BCUT2D eigenvalue weighted by molar-refractivity contribution is -0.132. The first-order valence-corrected chi connectivity index (χ1v) is 4.93. The lowest BCUT2D eigenvalue weighted by atomic mass is 10.2. The van der Waals surface area contributed by atoms with Crippen LogP contribution in [0.1, 0.15) is 6.92 Å². The molecule has 1 amide bonds. The average molecular weight is 206 g/mol. The lowest BCUT2D eigenvalue weighted by Gasteiger charge is -2.31. The molecule has 2 N–H and O–H groups in total. The molecule has 0 bridgehead atoms. The molecular formula is C10H14N4O. The highest BCUT2D eigenvalue weighted by atomic mass is 16.2. The fourth-order valence-electron chi connectivity index (χ4n) is 1.54. The van der Waals surface area contributed by atoms with Crippen molar-refractivity contribution in [1.29, 1.82) is 0 Å². The summed E-state index contributed by atoms with van der Waals surface area (Å²) in [6.45, 7) is 3.26. The van der Waals surface area contributed by atoms with Gasteiger partial charge in [0.2, 0.25) is 0 Å². The van der Waals surface area contributed by atoms with Gasteiger partial charge in [0.25, 0.3) is 5.91 Å². The third kappa shape index (κ3) is 1.92. The third-order valence-electron chi connectivity index (χ3n) is 2.33. The standard InChI is InChI=1S/C10H14N4O/c1-8-2-4-13-7-10(15)14(5-3-11)12-9(13)6-8/h2,4,6H,3,5,7,11H2,1H3. The molecule has 2 rings (SSSR count). The second kappa shape index (κ2) is 3.86. The summed E-state index contributed by atoms with van der Waals surface area (Å²) >= 11 is 0. The molecule has 0 aromatic carbocycles. The first-order valence-electron chi connectivity index (χ1n) is 4.93. The van der Waals surface area contributed by atoms with Crippen LogP contribution in [0.3, 0.4) is 0 Å². The predicted molar refractivity (Wildman–Crippen MR) is 57.8 cm³/mol. The number of carbonyl (C=O) groups excluding carboxylic acids is 1. The van der Waals surface area contributed by atoms with Gasteiger partial charge in [-0.15, -0.1) is 0 Å². The van der Waals surface area contributed by atoms with Crippen LogP contribution in [0.5, 0.6) is 0 Å². The van der Waals surface area contributed by atoms with Crippen molar-refractivity contribution in [3.8, 4) is 0 Å². The minimum atomic E-state index is -0.0122. The monoisotopic (exact) mass is 206 g/mol. The average Bonchev–Trinajstić information content (AvgIpc) is 2.20. The molecular weight excluding hydrogens is 192 g/mol. The van der Waals surface area contributed by atoms with Gasteiger partial charge in [-0.3, -0.25) is 4.79 Å². The smallest absolute Gasteiger partial charge is 0.262 e. The highest BCUT2D eigenvalue weighted by Crippen LogP contribution is 2.14. The third-order valence-corrected chi connectivity index (χ3v) is 2.33. The van der Waals surface area contributed by atoms with E-state index in [2.05, 4.69) is 5.10 Å². The van der Waals surface area contributed by atoms with E-state index in [9.17, 15) is 4.79 Å². The molecule has 0 aromatic heterocycles. The van der Waals surface area contributed by atoms with E-state index >= 15 is 0 Å². The van der Waals surface area contributed by atoms with Crippen molar-refractivity contribution >= 4 is 11.7 Å². The molecule has 5 heteroatoms. The Balaban J connectivity index is 2.25. The largest absolute Gasteiger partial charge is 0.329 e. The van der Waals surface area contributed by atoms with Crippen LogP contribution >= 0.6 is 0 Å². The molecule has 80 valence electrons. The summed E-state index contributed by atoms with van der Waals surface area (Å²) in [7, 11) is 0. The molecule has 0 saturated heterocycles. The maximum absolute atomic E-state index is 11.6. The van der Waals surface area contributed by atoms with E-state index in [1.807, 2.05) is 30.2 Å². The van der Waals surface area contributed by atoms with Crippen LogP contribution in [-0.4, -0.2) is 41.3 Å². The quantitative estimate of drug-likeness (QED) is 0.685. The Bertz CT molecular complexity index is 370. The van der Waals surface area contributed by atoms with E-state index in [-0.39, 0.29) is 5.91 Å². The van der Waals surface area contributed by atoms with Gasteiger partial charge in [0.1, 0.15) is 6.54 Å². The summed E-state index contributed by atoms with van der Waals surface area (Å²) in [4.78, 5) is 13.4. The molecule has 0 atom stereocenters. The van der Waals surface area contributed by atoms with Crippen LogP contribution in [0.4, 0.5) is 0 Å². The van der Waals surface area contributed by atoms with Gasteiger partial charge in [-0.25, -0.2) is 5.01 Å². The molecule has 0 aliphatic carbocycles. The van der Waals surface area contributed by atoms with Gasteiger partial charge in [0.15, 0.2) is 5.84 Å². The topological polar surface area (TPSA) is 61.9 Å². The number of nitrogens with zero attached hydrogens (tertiary/aromatic N) is 3. The Kier molecular flexibility index (Phi) is 2.55. The lowest BCUT2D eigenvalue weighted by Crippen LogP contribution is -2.46. The van der Waals surface area contributed by atoms with Gasteiger partial charge in [-0.05, 0) is 24.6 Å². The second-order valence-electron chi connectivity index (χ2n) is 3.60. The normalized spacial score (nSPS) is 20.0. The minimum Gasteiger partial charge on any atom is -0.329 e. The number of amidine groups is 1. The van der Waals surface area contributed by atoms with E-state index < -0.39 is 0 Å². The molecule has 0 aromatic rings. The molecule has 15 heavy (non-hydrogen) atoms.